The topological polar surface area (TPSA) is 49.7 Å². The van der Waals surface area contributed by atoms with Gasteiger partial charge in [-0.05, 0) is 42.9 Å². The number of alkyl halides is 3. The summed E-state index contributed by atoms with van der Waals surface area (Å²) in [6, 6.07) is 7.10. The SMILES string of the molecule is O=C(C1=CC(C(F)(F)F)=NC1)N(CCC1CCS(=O)CC1)Cc1ccccc1Cl. The van der Waals surface area contributed by atoms with Crippen molar-refractivity contribution < 1.29 is 22.2 Å². The van der Waals surface area contributed by atoms with Crippen LogP contribution in [0.15, 0.2) is 40.9 Å². The van der Waals surface area contributed by atoms with Crippen molar-refractivity contribution in [1.82, 2.24) is 4.90 Å². The highest BCUT2D eigenvalue weighted by Gasteiger charge is 2.37. The van der Waals surface area contributed by atoms with Crippen molar-refractivity contribution in [3.05, 3.63) is 46.5 Å². The molecule has 158 valence electrons. The summed E-state index contributed by atoms with van der Waals surface area (Å²) in [5.41, 5.74) is -0.245. The van der Waals surface area contributed by atoms with Crippen LogP contribution < -0.4 is 0 Å². The molecule has 1 aromatic carbocycles. The second-order valence-corrected chi connectivity index (χ2v) is 9.37. The fourth-order valence-electron chi connectivity index (χ4n) is 3.48. The molecule has 9 heteroatoms. The van der Waals surface area contributed by atoms with Crippen molar-refractivity contribution in [3.63, 3.8) is 0 Å². The standard InChI is InChI=1S/C20H22ClF3N2O2S/c21-17-4-2-1-3-15(17)13-26(8-5-14-6-9-29(28)10-7-14)19(27)16-11-18(25-12-16)20(22,23)24/h1-4,11,14H,5-10,12-13H2. The third-order valence-corrected chi connectivity index (χ3v) is 6.97. The molecule has 2 aliphatic rings. The summed E-state index contributed by atoms with van der Waals surface area (Å²) in [5.74, 6) is 1.23. The van der Waals surface area contributed by atoms with Crippen molar-refractivity contribution in [2.75, 3.05) is 24.6 Å². The Hall–Kier alpha value is -1.67. The summed E-state index contributed by atoms with van der Waals surface area (Å²) in [4.78, 5) is 18.0. The van der Waals surface area contributed by atoms with Crippen LogP contribution in [0.2, 0.25) is 5.02 Å². The number of carbonyl (C=O) groups excluding carboxylic acids is 1. The smallest absolute Gasteiger partial charge is 0.334 e. The minimum atomic E-state index is -4.56. The van der Waals surface area contributed by atoms with E-state index in [-0.39, 0.29) is 18.7 Å². The molecule has 0 bridgehead atoms. The van der Waals surface area contributed by atoms with E-state index in [0.717, 1.165) is 24.5 Å². The maximum atomic E-state index is 13.0. The van der Waals surface area contributed by atoms with E-state index >= 15 is 0 Å². The van der Waals surface area contributed by atoms with E-state index in [1.807, 2.05) is 0 Å². The number of carbonyl (C=O) groups is 1. The molecule has 0 aromatic heterocycles. The van der Waals surface area contributed by atoms with Crippen LogP contribution in [0.5, 0.6) is 0 Å². The molecule has 3 rings (SSSR count). The predicted molar refractivity (Wildman–Crippen MR) is 109 cm³/mol. The summed E-state index contributed by atoms with van der Waals surface area (Å²) in [7, 11) is -0.762. The molecule has 1 fully saturated rings. The first-order chi connectivity index (χ1) is 13.7. The Labute approximate surface area is 175 Å². The number of halogens is 4. The Morgan fingerprint density at radius 3 is 2.55 bits per heavy atom. The van der Waals surface area contributed by atoms with Crippen molar-refractivity contribution in [1.29, 1.82) is 0 Å². The van der Waals surface area contributed by atoms with Crippen LogP contribution in [0.1, 0.15) is 24.8 Å². The lowest BCUT2D eigenvalue weighted by atomic mass is 9.98. The Balaban J connectivity index is 1.72. The summed E-state index contributed by atoms with van der Waals surface area (Å²) in [5, 5.41) is 0.506. The van der Waals surface area contributed by atoms with Gasteiger partial charge in [0.1, 0.15) is 5.71 Å². The average Bonchev–Trinajstić information content (AvgIpc) is 3.18. The van der Waals surface area contributed by atoms with Gasteiger partial charge in [-0.3, -0.25) is 14.0 Å². The predicted octanol–water partition coefficient (Wildman–Crippen LogP) is 4.16. The van der Waals surface area contributed by atoms with Crippen LogP contribution in [0.3, 0.4) is 0 Å². The van der Waals surface area contributed by atoms with E-state index < -0.39 is 28.6 Å². The van der Waals surface area contributed by atoms with Crippen LogP contribution in [0, 0.1) is 5.92 Å². The molecule has 0 spiro atoms. The van der Waals surface area contributed by atoms with Crippen LogP contribution in [0.25, 0.3) is 0 Å². The van der Waals surface area contributed by atoms with E-state index in [9.17, 15) is 22.2 Å². The van der Waals surface area contributed by atoms with Crippen molar-refractivity contribution in [3.8, 4) is 0 Å². The fraction of sp³-hybridized carbons (Fsp3) is 0.500. The Kier molecular flexibility index (Phi) is 7.16. The van der Waals surface area contributed by atoms with Crippen LogP contribution in [0.4, 0.5) is 13.2 Å². The summed E-state index contributed by atoms with van der Waals surface area (Å²) in [6.45, 7) is 0.352. The normalized spacial score (nSPS) is 22.2. The number of amides is 1. The highest BCUT2D eigenvalue weighted by Crippen LogP contribution is 2.26. The number of nitrogens with zero attached hydrogens (tertiary/aromatic N) is 2. The van der Waals surface area contributed by atoms with Gasteiger partial charge in [0.25, 0.3) is 5.91 Å². The number of rotatable bonds is 6. The Morgan fingerprint density at radius 2 is 1.93 bits per heavy atom. The van der Waals surface area contributed by atoms with Gasteiger partial charge < -0.3 is 4.90 Å². The summed E-state index contributed by atoms with van der Waals surface area (Å²) in [6.07, 6.45) is -1.33. The summed E-state index contributed by atoms with van der Waals surface area (Å²) >= 11 is 6.22. The first-order valence-electron chi connectivity index (χ1n) is 9.44. The highest BCUT2D eigenvalue weighted by atomic mass is 35.5. The van der Waals surface area contributed by atoms with Gasteiger partial charge in [0.05, 0.1) is 6.54 Å². The van der Waals surface area contributed by atoms with E-state index in [1.165, 1.54) is 0 Å². The number of hydrogen-bond acceptors (Lipinski definition) is 3. The highest BCUT2D eigenvalue weighted by molar-refractivity contribution is 7.85. The molecule has 0 aliphatic carbocycles. The number of allylic oxidation sites excluding steroid dienone is 1. The lowest BCUT2D eigenvalue weighted by Crippen LogP contribution is -2.35. The minimum Gasteiger partial charge on any atom is -0.334 e. The molecule has 29 heavy (non-hydrogen) atoms. The molecule has 1 amide bonds. The molecule has 0 unspecified atom stereocenters. The zero-order chi connectivity index (χ0) is 21.0. The molecular formula is C20H22ClF3N2O2S. The molecule has 2 heterocycles. The van der Waals surface area contributed by atoms with Crippen molar-refractivity contribution in [2.24, 2.45) is 10.9 Å². The fourth-order valence-corrected chi connectivity index (χ4v) is 5.08. The second-order valence-electron chi connectivity index (χ2n) is 7.27. The van der Waals surface area contributed by atoms with Crippen LogP contribution in [-0.4, -0.2) is 51.5 Å². The van der Waals surface area contributed by atoms with E-state index in [4.69, 9.17) is 11.6 Å². The molecular weight excluding hydrogens is 425 g/mol. The van der Waals surface area contributed by atoms with Crippen LogP contribution >= 0.6 is 11.6 Å². The minimum absolute atomic E-state index is 0.0362. The molecule has 2 aliphatic heterocycles. The van der Waals surface area contributed by atoms with E-state index in [2.05, 4.69) is 4.99 Å². The van der Waals surface area contributed by atoms with Gasteiger partial charge in [0.2, 0.25) is 0 Å². The van der Waals surface area contributed by atoms with Gasteiger partial charge in [-0.15, -0.1) is 0 Å². The first kappa shape index (κ1) is 22.0. The molecule has 0 radical (unpaired) electrons. The average molecular weight is 447 g/mol. The zero-order valence-electron chi connectivity index (χ0n) is 15.8. The number of aliphatic imine (C=N–C) groups is 1. The number of hydrogen-bond donors (Lipinski definition) is 0. The molecule has 0 N–H and O–H groups in total. The van der Waals surface area contributed by atoms with Gasteiger partial charge in [-0.25, -0.2) is 0 Å². The molecule has 1 aromatic rings. The van der Waals surface area contributed by atoms with Gasteiger partial charge in [-0.2, -0.15) is 13.2 Å². The van der Waals surface area contributed by atoms with Gasteiger partial charge >= 0.3 is 6.18 Å². The quantitative estimate of drug-likeness (QED) is 0.658. The lowest BCUT2D eigenvalue weighted by Gasteiger charge is -2.27. The van der Waals surface area contributed by atoms with Gasteiger partial charge in [0, 0.05) is 46.0 Å². The lowest BCUT2D eigenvalue weighted by molar-refractivity contribution is -0.127. The second kappa shape index (κ2) is 9.43. The third kappa shape index (κ3) is 5.92. The van der Waals surface area contributed by atoms with Crippen molar-refractivity contribution >= 4 is 34.0 Å². The first-order valence-corrected chi connectivity index (χ1v) is 11.3. The van der Waals surface area contributed by atoms with Crippen molar-refractivity contribution in [2.45, 2.75) is 32.0 Å². The van der Waals surface area contributed by atoms with E-state index in [0.29, 0.717) is 35.4 Å². The molecule has 4 nitrogen and oxygen atoms in total. The Morgan fingerprint density at radius 1 is 1.24 bits per heavy atom. The number of benzene rings is 1. The molecule has 1 saturated heterocycles. The maximum Gasteiger partial charge on any atom is 0.432 e. The van der Waals surface area contributed by atoms with Crippen LogP contribution in [-0.2, 0) is 22.1 Å². The monoisotopic (exact) mass is 446 g/mol. The van der Waals surface area contributed by atoms with Gasteiger partial charge in [-0.1, -0.05) is 29.8 Å². The Bertz CT molecular complexity index is 844. The summed E-state index contributed by atoms with van der Waals surface area (Å²) < 4.78 is 50.2. The maximum absolute atomic E-state index is 13.0. The molecule has 0 saturated carbocycles. The largest absolute Gasteiger partial charge is 0.432 e. The zero-order valence-corrected chi connectivity index (χ0v) is 17.3. The van der Waals surface area contributed by atoms with Gasteiger partial charge in [0.15, 0.2) is 0 Å². The molecule has 0 atom stereocenters. The third-order valence-electron chi connectivity index (χ3n) is 5.22. The van der Waals surface area contributed by atoms with E-state index in [1.54, 1.807) is 29.2 Å².